The number of aryl methyl sites for hydroxylation is 2. The summed E-state index contributed by atoms with van der Waals surface area (Å²) >= 11 is 0. The Morgan fingerprint density at radius 1 is 1.13 bits per heavy atom. The summed E-state index contributed by atoms with van der Waals surface area (Å²) in [7, 11) is 0. The smallest absolute Gasteiger partial charge is 0.264 e. The Morgan fingerprint density at radius 2 is 1.90 bits per heavy atom. The van der Waals surface area contributed by atoms with Gasteiger partial charge in [-0.25, -0.2) is 13.2 Å². The highest BCUT2D eigenvalue weighted by Crippen LogP contribution is 2.46. The summed E-state index contributed by atoms with van der Waals surface area (Å²) in [4.78, 5) is 3.11. The number of H-pyrrole nitrogens is 1. The van der Waals surface area contributed by atoms with E-state index in [2.05, 4.69) is 20.5 Å². The van der Waals surface area contributed by atoms with Gasteiger partial charge in [-0.2, -0.15) is 0 Å². The molecule has 1 aliphatic rings. The van der Waals surface area contributed by atoms with Gasteiger partial charge >= 0.3 is 0 Å². The van der Waals surface area contributed by atoms with Crippen LogP contribution in [0.4, 0.5) is 18.9 Å². The number of anilines is 1. The van der Waals surface area contributed by atoms with Gasteiger partial charge in [-0.3, -0.25) is 4.57 Å². The van der Waals surface area contributed by atoms with E-state index < -0.39 is 17.8 Å². The number of hydrogen-bond acceptors (Lipinski definition) is 3. The van der Waals surface area contributed by atoms with E-state index in [4.69, 9.17) is 0 Å². The van der Waals surface area contributed by atoms with Gasteiger partial charge in [0.15, 0.2) is 11.6 Å². The lowest BCUT2D eigenvalue weighted by atomic mass is 9.92. The predicted octanol–water partition coefficient (Wildman–Crippen LogP) is 5.77. The van der Waals surface area contributed by atoms with Crippen LogP contribution in [0.25, 0.3) is 27.7 Å². The van der Waals surface area contributed by atoms with Crippen LogP contribution in [0.2, 0.25) is 0 Å². The van der Waals surface area contributed by atoms with Crippen molar-refractivity contribution in [3.8, 4) is 16.8 Å². The highest BCUT2D eigenvalue weighted by atomic mass is 19.3. The third-order valence-electron chi connectivity index (χ3n) is 5.75. The fourth-order valence-electron chi connectivity index (χ4n) is 4.35. The largest absolute Gasteiger partial charge is 0.371 e. The Balaban J connectivity index is 1.90. The summed E-state index contributed by atoms with van der Waals surface area (Å²) in [5, 5.41) is 12.3. The van der Waals surface area contributed by atoms with E-state index in [1.165, 1.54) is 6.07 Å². The van der Waals surface area contributed by atoms with Crippen LogP contribution < -0.4 is 5.32 Å². The second kappa shape index (κ2) is 6.10. The monoisotopic (exact) mass is 411 g/mol. The quantitative estimate of drug-likeness (QED) is 0.440. The average molecular weight is 411 g/mol. The molecule has 0 amide bonds. The van der Waals surface area contributed by atoms with E-state index >= 15 is 4.39 Å². The van der Waals surface area contributed by atoms with Gasteiger partial charge in [0.1, 0.15) is 11.5 Å². The normalized spacial score (nSPS) is 14.7. The SMILES string of the molecule is Cc1c[nH]c2c(-c3c(C(F)F)cc4c(c3F)-n3c(C)nnc3C(C)(C)N4)cccc12. The molecule has 8 heteroatoms. The van der Waals surface area contributed by atoms with Crippen LogP contribution in [-0.2, 0) is 5.54 Å². The molecule has 1 aliphatic heterocycles. The zero-order valence-corrected chi connectivity index (χ0v) is 16.9. The molecule has 0 bridgehead atoms. The van der Waals surface area contributed by atoms with Crippen molar-refractivity contribution in [1.29, 1.82) is 0 Å². The van der Waals surface area contributed by atoms with Gasteiger partial charge in [-0.05, 0) is 39.3 Å². The molecule has 154 valence electrons. The number of fused-ring (bicyclic) bond motifs is 4. The second-order valence-electron chi connectivity index (χ2n) is 8.21. The minimum absolute atomic E-state index is 0.114. The van der Waals surface area contributed by atoms with Crippen LogP contribution in [0.3, 0.4) is 0 Å². The summed E-state index contributed by atoms with van der Waals surface area (Å²) in [6.45, 7) is 7.34. The van der Waals surface area contributed by atoms with E-state index in [9.17, 15) is 8.78 Å². The third kappa shape index (κ3) is 2.42. The van der Waals surface area contributed by atoms with E-state index in [1.54, 1.807) is 29.8 Å². The Kier molecular flexibility index (Phi) is 3.81. The molecule has 4 aromatic rings. The molecule has 0 atom stereocenters. The van der Waals surface area contributed by atoms with Crippen LogP contribution in [0.5, 0.6) is 0 Å². The number of aromatic amines is 1. The molecule has 0 radical (unpaired) electrons. The van der Waals surface area contributed by atoms with E-state index in [1.807, 2.05) is 26.8 Å². The number of nitrogens with zero attached hydrogens (tertiary/aromatic N) is 3. The number of benzene rings is 2. The Labute approximate surface area is 170 Å². The summed E-state index contributed by atoms with van der Waals surface area (Å²) < 4.78 is 46.0. The maximum absolute atomic E-state index is 16.1. The summed E-state index contributed by atoms with van der Waals surface area (Å²) in [5.74, 6) is 0.287. The minimum Gasteiger partial charge on any atom is -0.371 e. The number of hydrogen-bond donors (Lipinski definition) is 2. The van der Waals surface area contributed by atoms with E-state index in [-0.39, 0.29) is 16.8 Å². The van der Waals surface area contributed by atoms with Gasteiger partial charge in [-0.15, -0.1) is 10.2 Å². The van der Waals surface area contributed by atoms with Crippen LogP contribution >= 0.6 is 0 Å². The number of rotatable bonds is 2. The van der Waals surface area contributed by atoms with Gasteiger partial charge in [-0.1, -0.05) is 18.2 Å². The standard InChI is InChI=1S/C22H20F3N5/c1-10-9-26-18-12(10)6-5-7-13(18)16-14(20(24)25)8-15-19(17(16)23)30-11(2)28-29-21(30)22(3,4)27-15/h5-9,20,26-27H,1-4H3. The third-order valence-corrected chi connectivity index (χ3v) is 5.75. The van der Waals surface area contributed by atoms with Gasteiger partial charge in [0.25, 0.3) is 6.43 Å². The molecule has 0 saturated carbocycles. The molecule has 0 spiro atoms. The van der Waals surface area contributed by atoms with E-state index in [0.717, 1.165) is 10.9 Å². The summed E-state index contributed by atoms with van der Waals surface area (Å²) in [6.07, 6.45) is -1.06. The lowest BCUT2D eigenvalue weighted by Gasteiger charge is -2.35. The zero-order chi connectivity index (χ0) is 21.4. The van der Waals surface area contributed by atoms with Crippen LogP contribution in [-0.4, -0.2) is 19.7 Å². The summed E-state index contributed by atoms with van der Waals surface area (Å²) in [5.41, 5.74) is 1.27. The first-order chi connectivity index (χ1) is 14.2. The lowest BCUT2D eigenvalue weighted by molar-refractivity contribution is 0.151. The maximum Gasteiger partial charge on any atom is 0.264 e. The molecular weight excluding hydrogens is 391 g/mol. The fourth-order valence-corrected chi connectivity index (χ4v) is 4.35. The van der Waals surface area contributed by atoms with Crippen molar-refractivity contribution in [2.75, 3.05) is 5.32 Å². The molecule has 3 heterocycles. The first-order valence-electron chi connectivity index (χ1n) is 9.63. The molecule has 0 unspecified atom stereocenters. The van der Waals surface area contributed by atoms with Crippen molar-refractivity contribution in [3.05, 3.63) is 59.1 Å². The molecule has 2 aromatic carbocycles. The molecule has 0 fully saturated rings. The van der Waals surface area contributed by atoms with Crippen molar-refractivity contribution in [3.63, 3.8) is 0 Å². The van der Waals surface area contributed by atoms with Crippen molar-refractivity contribution in [2.24, 2.45) is 0 Å². The van der Waals surface area contributed by atoms with Crippen molar-refractivity contribution >= 4 is 16.6 Å². The first-order valence-corrected chi connectivity index (χ1v) is 9.63. The molecular formula is C22H20F3N5. The Hall–Kier alpha value is -3.29. The number of alkyl halides is 2. The fraction of sp³-hybridized carbons (Fsp3) is 0.273. The Morgan fingerprint density at radius 3 is 2.63 bits per heavy atom. The van der Waals surface area contributed by atoms with Gasteiger partial charge in [0, 0.05) is 28.3 Å². The topological polar surface area (TPSA) is 58.5 Å². The van der Waals surface area contributed by atoms with Crippen LogP contribution in [0.15, 0.2) is 30.5 Å². The van der Waals surface area contributed by atoms with Crippen molar-refractivity contribution in [1.82, 2.24) is 19.7 Å². The molecule has 5 nitrogen and oxygen atoms in total. The number of aromatic nitrogens is 4. The average Bonchev–Trinajstić information content (AvgIpc) is 3.25. The van der Waals surface area contributed by atoms with Gasteiger partial charge in [0.05, 0.1) is 16.7 Å². The molecule has 0 saturated heterocycles. The van der Waals surface area contributed by atoms with Crippen LogP contribution in [0, 0.1) is 19.7 Å². The number of para-hydroxylation sites is 1. The second-order valence-corrected chi connectivity index (χ2v) is 8.21. The minimum atomic E-state index is -2.85. The van der Waals surface area contributed by atoms with E-state index in [0.29, 0.717) is 28.4 Å². The molecule has 2 aromatic heterocycles. The first kappa shape index (κ1) is 18.7. The molecule has 5 rings (SSSR count). The Bertz CT molecular complexity index is 1320. The molecule has 0 aliphatic carbocycles. The van der Waals surface area contributed by atoms with Crippen LogP contribution in [0.1, 0.15) is 43.0 Å². The number of halogens is 3. The molecule has 30 heavy (non-hydrogen) atoms. The summed E-state index contributed by atoms with van der Waals surface area (Å²) in [6, 6.07) is 6.64. The lowest BCUT2D eigenvalue weighted by Crippen LogP contribution is -2.36. The maximum atomic E-state index is 16.1. The molecule has 2 N–H and O–H groups in total. The highest BCUT2D eigenvalue weighted by Gasteiger charge is 2.38. The number of nitrogens with one attached hydrogen (secondary N) is 2. The van der Waals surface area contributed by atoms with Gasteiger partial charge < -0.3 is 10.3 Å². The predicted molar refractivity (Wildman–Crippen MR) is 110 cm³/mol. The van der Waals surface area contributed by atoms with Crippen molar-refractivity contribution < 1.29 is 13.2 Å². The zero-order valence-electron chi connectivity index (χ0n) is 16.9. The van der Waals surface area contributed by atoms with Gasteiger partial charge in [0.2, 0.25) is 0 Å². The highest BCUT2D eigenvalue weighted by molar-refractivity contribution is 5.98. The van der Waals surface area contributed by atoms with Crippen molar-refractivity contribution in [2.45, 2.75) is 39.7 Å².